The Hall–Kier alpha value is -1.61. The minimum atomic E-state index is -3.74. The number of rotatable bonds is 6. The second kappa shape index (κ2) is 8.39. The summed E-state index contributed by atoms with van der Waals surface area (Å²) >= 11 is 9.36. The molecule has 0 bridgehead atoms. The molecule has 0 atom stereocenters. The number of hydrogen-bond acceptors (Lipinski definition) is 4. The zero-order chi connectivity index (χ0) is 19.5. The summed E-state index contributed by atoms with van der Waals surface area (Å²) in [5, 5.41) is 2.95. The van der Waals surface area contributed by atoms with Crippen LogP contribution in [0.4, 0.5) is 5.69 Å². The summed E-state index contributed by atoms with van der Waals surface area (Å²) in [6, 6.07) is 9.35. The molecule has 140 valence electrons. The first-order chi connectivity index (χ1) is 12.2. The zero-order valence-corrected chi connectivity index (χ0v) is 17.6. The van der Waals surface area contributed by atoms with E-state index in [-0.39, 0.29) is 21.2 Å². The van der Waals surface area contributed by atoms with Gasteiger partial charge in [0.1, 0.15) is 10.6 Å². The zero-order valence-electron chi connectivity index (χ0n) is 14.4. The summed E-state index contributed by atoms with van der Waals surface area (Å²) in [6.45, 7) is 2.08. The van der Waals surface area contributed by atoms with Gasteiger partial charge in [-0.2, -0.15) is 0 Å². The van der Waals surface area contributed by atoms with Crippen LogP contribution >= 0.6 is 27.5 Å². The molecule has 0 radical (unpaired) electrons. The Bertz CT molecular complexity index is 932. The molecule has 0 spiro atoms. The average molecular weight is 462 g/mol. The van der Waals surface area contributed by atoms with Crippen molar-refractivity contribution in [3.63, 3.8) is 0 Å². The van der Waals surface area contributed by atoms with Crippen molar-refractivity contribution in [3.05, 3.63) is 51.5 Å². The third kappa shape index (κ3) is 4.56. The van der Waals surface area contributed by atoms with Gasteiger partial charge >= 0.3 is 0 Å². The monoisotopic (exact) mass is 460 g/mol. The van der Waals surface area contributed by atoms with Gasteiger partial charge in [-0.1, -0.05) is 27.5 Å². The van der Waals surface area contributed by atoms with Gasteiger partial charge in [0.15, 0.2) is 0 Å². The first-order valence-corrected chi connectivity index (χ1v) is 10.2. The number of ether oxygens (including phenoxy) is 1. The Balaban J connectivity index is 2.42. The lowest BCUT2D eigenvalue weighted by atomic mass is 10.2. The quantitative estimate of drug-likeness (QED) is 0.705. The molecule has 0 fully saturated rings. The summed E-state index contributed by atoms with van der Waals surface area (Å²) in [7, 11) is -0.888. The van der Waals surface area contributed by atoms with Gasteiger partial charge in [-0.05, 0) is 43.3 Å². The average Bonchev–Trinajstić information content (AvgIpc) is 2.58. The van der Waals surface area contributed by atoms with Crippen LogP contribution in [-0.4, -0.2) is 39.3 Å². The molecule has 0 saturated heterocycles. The van der Waals surface area contributed by atoms with Crippen LogP contribution < -0.4 is 10.1 Å². The van der Waals surface area contributed by atoms with Crippen molar-refractivity contribution >= 4 is 49.1 Å². The van der Waals surface area contributed by atoms with E-state index in [1.165, 1.54) is 26.2 Å². The number of sulfonamides is 1. The summed E-state index contributed by atoms with van der Waals surface area (Å²) in [5.74, 6) is -0.228. The van der Waals surface area contributed by atoms with E-state index in [1.807, 2.05) is 0 Å². The van der Waals surface area contributed by atoms with Gasteiger partial charge in [-0.15, -0.1) is 0 Å². The molecule has 6 nitrogen and oxygen atoms in total. The molecule has 0 aromatic heterocycles. The first kappa shape index (κ1) is 20.7. The predicted octanol–water partition coefficient (Wildman–Crippen LogP) is 4.00. The maximum absolute atomic E-state index is 12.5. The molecule has 0 aliphatic carbocycles. The number of benzene rings is 2. The molecule has 26 heavy (non-hydrogen) atoms. The topological polar surface area (TPSA) is 75.7 Å². The van der Waals surface area contributed by atoms with Crippen LogP contribution in [-0.2, 0) is 10.0 Å². The maximum Gasteiger partial charge on any atom is 0.257 e. The minimum Gasteiger partial charge on any atom is -0.492 e. The molecule has 2 aromatic rings. The van der Waals surface area contributed by atoms with Crippen LogP contribution in [0.5, 0.6) is 5.75 Å². The smallest absolute Gasteiger partial charge is 0.257 e. The maximum atomic E-state index is 12.5. The number of nitrogens with one attached hydrogen (secondary N) is 1. The molecule has 9 heteroatoms. The van der Waals surface area contributed by atoms with Gasteiger partial charge < -0.3 is 10.1 Å². The van der Waals surface area contributed by atoms with Crippen molar-refractivity contribution in [2.24, 2.45) is 0 Å². The van der Waals surface area contributed by atoms with E-state index in [0.717, 1.165) is 4.31 Å². The molecular weight excluding hydrogens is 444 g/mol. The van der Waals surface area contributed by atoms with Crippen molar-refractivity contribution in [3.8, 4) is 5.75 Å². The van der Waals surface area contributed by atoms with Gasteiger partial charge in [0, 0.05) is 24.3 Å². The van der Waals surface area contributed by atoms with Gasteiger partial charge in [0.05, 0.1) is 17.2 Å². The number of halogens is 2. The predicted molar refractivity (Wildman–Crippen MR) is 106 cm³/mol. The van der Waals surface area contributed by atoms with Crippen molar-refractivity contribution in [2.75, 3.05) is 26.0 Å². The highest BCUT2D eigenvalue weighted by molar-refractivity contribution is 9.10. The highest BCUT2D eigenvalue weighted by Gasteiger charge is 2.23. The van der Waals surface area contributed by atoms with E-state index in [2.05, 4.69) is 21.2 Å². The summed E-state index contributed by atoms with van der Waals surface area (Å²) in [6.07, 6.45) is 0. The van der Waals surface area contributed by atoms with Crippen molar-refractivity contribution in [1.29, 1.82) is 0 Å². The Morgan fingerprint density at radius 1 is 1.23 bits per heavy atom. The Morgan fingerprint density at radius 3 is 2.54 bits per heavy atom. The summed E-state index contributed by atoms with van der Waals surface area (Å²) in [4.78, 5) is 12.5. The largest absolute Gasteiger partial charge is 0.492 e. The first-order valence-electron chi connectivity index (χ1n) is 7.62. The second-order valence-electron chi connectivity index (χ2n) is 5.46. The van der Waals surface area contributed by atoms with Crippen LogP contribution in [0.2, 0.25) is 5.02 Å². The van der Waals surface area contributed by atoms with E-state index >= 15 is 0 Å². The van der Waals surface area contributed by atoms with Gasteiger partial charge in [0.2, 0.25) is 10.0 Å². The minimum absolute atomic E-state index is 0.0255. The SMILES string of the molecule is CCOc1ccc(NC(=O)c2cc(Br)ccc2Cl)cc1S(=O)(=O)N(C)C. The van der Waals surface area contributed by atoms with E-state index in [9.17, 15) is 13.2 Å². The van der Waals surface area contributed by atoms with Crippen molar-refractivity contribution < 1.29 is 17.9 Å². The van der Waals surface area contributed by atoms with E-state index < -0.39 is 15.9 Å². The van der Waals surface area contributed by atoms with Crippen LogP contribution in [0, 0.1) is 0 Å². The second-order valence-corrected chi connectivity index (χ2v) is 8.90. The van der Waals surface area contributed by atoms with Gasteiger partial charge in [0.25, 0.3) is 5.91 Å². The van der Waals surface area contributed by atoms with Crippen LogP contribution in [0.1, 0.15) is 17.3 Å². The molecule has 0 saturated carbocycles. The summed E-state index contributed by atoms with van der Waals surface area (Å²) in [5.41, 5.74) is 0.585. The van der Waals surface area contributed by atoms with Gasteiger partial charge in [-0.25, -0.2) is 12.7 Å². The van der Waals surface area contributed by atoms with E-state index in [4.69, 9.17) is 16.3 Å². The van der Waals surface area contributed by atoms with Crippen LogP contribution in [0.25, 0.3) is 0 Å². The molecular formula is C17H18BrClN2O4S. The standard InChI is InChI=1S/C17H18BrClN2O4S/c1-4-25-15-8-6-12(10-16(15)26(23,24)21(2)3)20-17(22)13-9-11(18)5-7-14(13)19/h5-10H,4H2,1-3H3,(H,20,22). The lowest BCUT2D eigenvalue weighted by Crippen LogP contribution is -2.23. The molecule has 0 heterocycles. The highest BCUT2D eigenvalue weighted by atomic mass is 79.9. The van der Waals surface area contributed by atoms with E-state index in [1.54, 1.807) is 31.2 Å². The number of nitrogens with zero attached hydrogens (tertiary/aromatic N) is 1. The van der Waals surface area contributed by atoms with Crippen LogP contribution in [0.15, 0.2) is 45.8 Å². The lowest BCUT2D eigenvalue weighted by Gasteiger charge is -2.17. The fourth-order valence-corrected chi connectivity index (χ4v) is 3.74. The number of anilines is 1. The summed E-state index contributed by atoms with van der Waals surface area (Å²) < 4.78 is 32.3. The van der Waals surface area contributed by atoms with Crippen molar-refractivity contribution in [2.45, 2.75) is 11.8 Å². The number of amides is 1. The normalized spacial score (nSPS) is 11.5. The number of carbonyl (C=O) groups excluding carboxylic acids is 1. The molecule has 1 N–H and O–H groups in total. The molecule has 0 aliphatic rings. The highest BCUT2D eigenvalue weighted by Crippen LogP contribution is 2.30. The fourth-order valence-electron chi connectivity index (χ4n) is 2.13. The van der Waals surface area contributed by atoms with Gasteiger partial charge in [-0.3, -0.25) is 4.79 Å². The lowest BCUT2D eigenvalue weighted by molar-refractivity contribution is 0.102. The fraction of sp³-hybridized carbons (Fsp3) is 0.235. The third-order valence-corrected chi connectivity index (χ3v) is 6.09. The third-order valence-electron chi connectivity index (χ3n) is 3.43. The van der Waals surface area contributed by atoms with E-state index in [0.29, 0.717) is 16.8 Å². The number of hydrogen-bond donors (Lipinski definition) is 1. The molecule has 0 unspecified atom stereocenters. The molecule has 1 amide bonds. The molecule has 2 aromatic carbocycles. The molecule has 0 aliphatic heterocycles. The number of carbonyl (C=O) groups is 1. The Kier molecular flexibility index (Phi) is 6.68. The van der Waals surface area contributed by atoms with Crippen LogP contribution in [0.3, 0.4) is 0 Å². The molecule has 2 rings (SSSR count). The Morgan fingerprint density at radius 2 is 1.92 bits per heavy atom. The Labute approximate surface area is 166 Å². The van der Waals surface area contributed by atoms with Crippen molar-refractivity contribution in [1.82, 2.24) is 4.31 Å².